The van der Waals surface area contributed by atoms with Crippen LogP contribution in [0.5, 0.6) is 0 Å². The quantitative estimate of drug-likeness (QED) is 0.760. The van der Waals surface area contributed by atoms with E-state index in [-0.39, 0.29) is 17.9 Å². The molecule has 2 heterocycles. The smallest absolute Gasteiger partial charge is 0.239 e. The molecule has 0 aromatic carbocycles. The van der Waals surface area contributed by atoms with E-state index in [4.69, 9.17) is 0 Å². The van der Waals surface area contributed by atoms with Crippen LogP contribution in [0.25, 0.3) is 0 Å². The zero-order valence-corrected chi connectivity index (χ0v) is 11.5. The Balaban J connectivity index is 1.84. The maximum Gasteiger partial charge on any atom is 0.239 e. The average Bonchev–Trinajstić information content (AvgIpc) is 2.91. The van der Waals surface area contributed by atoms with Gasteiger partial charge in [-0.25, -0.2) is 0 Å². The molecular weight excluding hydrogens is 228 g/mol. The molecule has 0 aliphatic carbocycles. The normalized spacial score (nSPS) is 24.2. The van der Waals surface area contributed by atoms with E-state index in [2.05, 4.69) is 4.90 Å². The van der Waals surface area contributed by atoms with Crippen LogP contribution in [0, 0.1) is 5.92 Å². The fourth-order valence-corrected chi connectivity index (χ4v) is 3.05. The Hall–Kier alpha value is -0.900. The molecule has 0 radical (unpaired) electrons. The number of hydrogen-bond acceptors (Lipinski definition) is 3. The highest BCUT2D eigenvalue weighted by atomic mass is 16.2. The molecule has 2 aliphatic rings. The van der Waals surface area contributed by atoms with Gasteiger partial charge in [0.15, 0.2) is 0 Å². The summed E-state index contributed by atoms with van der Waals surface area (Å²) >= 11 is 0. The first-order valence-electron chi connectivity index (χ1n) is 7.13. The SMILES string of the molecule is CC(=O)C1CCN(C(C)C(=O)N2CCCC2)CC1. The largest absolute Gasteiger partial charge is 0.341 e. The van der Waals surface area contributed by atoms with Crippen molar-refractivity contribution in [3.05, 3.63) is 0 Å². The van der Waals surface area contributed by atoms with Gasteiger partial charge in [0.25, 0.3) is 0 Å². The van der Waals surface area contributed by atoms with E-state index in [9.17, 15) is 9.59 Å². The second-order valence-electron chi connectivity index (χ2n) is 5.63. The molecule has 4 heteroatoms. The fourth-order valence-electron chi connectivity index (χ4n) is 3.05. The zero-order valence-electron chi connectivity index (χ0n) is 11.5. The lowest BCUT2D eigenvalue weighted by Gasteiger charge is -2.36. The van der Waals surface area contributed by atoms with Gasteiger partial charge >= 0.3 is 0 Å². The molecular formula is C14H24N2O2. The Labute approximate surface area is 109 Å². The topological polar surface area (TPSA) is 40.6 Å². The van der Waals surface area contributed by atoms with Crippen LogP contribution in [-0.4, -0.2) is 53.7 Å². The third-order valence-corrected chi connectivity index (χ3v) is 4.43. The summed E-state index contributed by atoms with van der Waals surface area (Å²) in [7, 11) is 0. The van der Waals surface area contributed by atoms with Gasteiger partial charge in [0, 0.05) is 19.0 Å². The average molecular weight is 252 g/mol. The lowest BCUT2D eigenvalue weighted by Crippen LogP contribution is -2.49. The van der Waals surface area contributed by atoms with E-state index in [0.29, 0.717) is 5.78 Å². The van der Waals surface area contributed by atoms with Gasteiger partial charge < -0.3 is 4.90 Å². The molecule has 0 N–H and O–H groups in total. The van der Waals surface area contributed by atoms with Gasteiger partial charge in [-0.1, -0.05) is 0 Å². The number of Topliss-reactive ketones (excluding diaryl/α,β-unsaturated/α-hetero) is 1. The van der Waals surface area contributed by atoms with Crippen molar-refractivity contribution in [1.29, 1.82) is 0 Å². The van der Waals surface area contributed by atoms with E-state index in [1.807, 2.05) is 11.8 Å². The number of ketones is 1. The summed E-state index contributed by atoms with van der Waals surface area (Å²) < 4.78 is 0. The molecule has 4 nitrogen and oxygen atoms in total. The first kappa shape index (κ1) is 13.5. The summed E-state index contributed by atoms with van der Waals surface area (Å²) in [6, 6.07) is -0.0176. The van der Waals surface area contributed by atoms with Gasteiger partial charge in [0.2, 0.25) is 5.91 Å². The van der Waals surface area contributed by atoms with Gasteiger partial charge in [0.1, 0.15) is 5.78 Å². The highest BCUT2D eigenvalue weighted by molar-refractivity contribution is 5.82. The number of rotatable bonds is 3. The first-order valence-corrected chi connectivity index (χ1v) is 7.13. The first-order chi connectivity index (χ1) is 8.59. The zero-order chi connectivity index (χ0) is 13.1. The van der Waals surface area contributed by atoms with E-state index >= 15 is 0 Å². The lowest BCUT2D eigenvalue weighted by molar-refractivity contribution is -0.136. The van der Waals surface area contributed by atoms with Gasteiger partial charge in [0.05, 0.1) is 6.04 Å². The van der Waals surface area contributed by atoms with Crippen molar-refractivity contribution < 1.29 is 9.59 Å². The van der Waals surface area contributed by atoms with Crippen molar-refractivity contribution in [3.8, 4) is 0 Å². The minimum atomic E-state index is -0.0176. The summed E-state index contributed by atoms with van der Waals surface area (Å²) in [6.07, 6.45) is 4.11. The molecule has 2 fully saturated rings. The molecule has 1 atom stereocenters. The van der Waals surface area contributed by atoms with Crippen molar-refractivity contribution in [1.82, 2.24) is 9.80 Å². The summed E-state index contributed by atoms with van der Waals surface area (Å²) in [5.41, 5.74) is 0. The number of piperidine rings is 1. The molecule has 2 saturated heterocycles. The predicted octanol–water partition coefficient (Wildman–Crippen LogP) is 1.30. The molecule has 0 aromatic heterocycles. The van der Waals surface area contributed by atoms with Crippen LogP contribution in [0.3, 0.4) is 0 Å². The maximum absolute atomic E-state index is 12.3. The second-order valence-corrected chi connectivity index (χ2v) is 5.63. The van der Waals surface area contributed by atoms with Crippen molar-refractivity contribution in [2.24, 2.45) is 5.92 Å². The highest BCUT2D eigenvalue weighted by Gasteiger charge is 2.31. The van der Waals surface area contributed by atoms with Gasteiger partial charge in [-0.2, -0.15) is 0 Å². The summed E-state index contributed by atoms with van der Waals surface area (Å²) in [5, 5.41) is 0. The molecule has 1 unspecified atom stereocenters. The minimum absolute atomic E-state index is 0.0176. The Morgan fingerprint density at radius 3 is 2.11 bits per heavy atom. The predicted molar refractivity (Wildman–Crippen MR) is 70.3 cm³/mol. The molecule has 0 saturated carbocycles. The third kappa shape index (κ3) is 2.91. The van der Waals surface area contributed by atoms with Crippen LogP contribution in [0.2, 0.25) is 0 Å². The Morgan fingerprint density at radius 1 is 1.06 bits per heavy atom. The van der Waals surface area contributed by atoms with E-state index in [1.165, 1.54) is 0 Å². The molecule has 2 aliphatic heterocycles. The Bertz CT molecular complexity index is 316. The molecule has 0 bridgehead atoms. The Morgan fingerprint density at radius 2 is 1.61 bits per heavy atom. The van der Waals surface area contributed by atoms with E-state index in [0.717, 1.165) is 51.9 Å². The van der Waals surface area contributed by atoms with Crippen molar-refractivity contribution in [3.63, 3.8) is 0 Å². The van der Waals surface area contributed by atoms with Crippen LogP contribution in [-0.2, 0) is 9.59 Å². The Kier molecular flexibility index (Phi) is 4.38. The molecule has 18 heavy (non-hydrogen) atoms. The number of nitrogens with zero attached hydrogens (tertiary/aromatic N) is 2. The van der Waals surface area contributed by atoms with Crippen LogP contribution < -0.4 is 0 Å². The number of hydrogen-bond donors (Lipinski definition) is 0. The highest BCUT2D eigenvalue weighted by Crippen LogP contribution is 2.21. The van der Waals surface area contributed by atoms with Gasteiger partial charge in [-0.05, 0) is 52.6 Å². The summed E-state index contributed by atoms with van der Waals surface area (Å²) in [6.45, 7) is 7.30. The standard InChI is InChI=1S/C14H24N2O2/c1-11(14(18)16-7-3-4-8-16)15-9-5-13(6-10-15)12(2)17/h11,13H,3-10H2,1-2H3. The van der Waals surface area contributed by atoms with Gasteiger partial charge in [-0.3, -0.25) is 14.5 Å². The number of carbonyl (C=O) groups excluding carboxylic acids is 2. The lowest BCUT2D eigenvalue weighted by atomic mass is 9.92. The molecule has 0 spiro atoms. The van der Waals surface area contributed by atoms with Crippen LogP contribution in [0.1, 0.15) is 39.5 Å². The second kappa shape index (κ2) is 5.83. The third-order valence-electron chi connectivity index (χ3n) is 4.43. The fraction of sp³-hybridized carbons (Fsp3) is 0.857. The van der Waals surface area contributed by atoms with Crippen molar-refractivity contribution in [2.75, 3.05) is 26.2 Å². The van der Waals surface area contributed by atoms with Gasteiger partial charge in [-0.15, -0.1) is 0 Å². The molecule has 0 aromatic rings. The number of amides is 1. The van der Waals surface area contributed by atoms with Crippen molar-refractivity contribution in [2.45, 2.75) is 45.6 Å². The van der Waals surface area contributed by atoms with Crippen LogP contribution in [0.15, 0.2) is 0 Å². The molecule has 102 valence electrons. The number of carbonyl (C=O) groups is 2. The van der Waals surface area contributed by atoms with Crippen LogP contribution >= 0.6 is 0 Å². The molecule has 2 rings (SSSR count). The number of likely N-dealkylation sites (tertiary alicyclic amines) is 2. The molecule has 1 amide bonds. The monoisotopic (exact) mass is 252 g/mol. The van der Waals surface area contributed by atoms with E-state index < -0.39 is 0 Å². The maximum atomic E-state index is 12.3. The van der Waals surface area contributed by atoms with Crippen LogP contribution in [0.4, 0.5) is 0 Å². The summed E-state index contributed by atoms with van der Waals surface area (Å²) in [5.74, 6) is 0.789. The van der Waals surface area contributed by atoms with E-state index in [1.54, 1.807) is 6.92 Å². The minimum Gasteiger partial charge on any atom is -0.341 e. The van der Waals surface area contributed by atoms with Crippen molar-refractivity contribution >= 4 is 11.7 Å². The summed E-state index contributed by atoms with van der Waals surface area (Å²) in [4.78, 5) is 27.8.